The van der Waals surface area contributed by atoms with Crippen LogP contribution in [-0.4, -0.2) is 23.6 Å². The minimum absolute atomic E-state index is 0.338. The fraction of sp³-hybridized carbons (Fsp3) is 0.176. The fourth-order valence-corrected chi connectivity index (χ4v) is 3.33. The van der Waals surface area contributed by atoms with Gasteiger partial charge in [0.05, 0.1) is 23.8 Å². The molecule has 0 bridgehead atoms. The van der Waals surface area contributed by atoms with Crippen molar-refractivity contribution in [2.75, 3.05) is 7.11 Å². The smallest absolute Gasteiger partial charge is 0.347 e. The summed E-state index contributed by atoms with van der Waals surface area (Å²) in [5.41, 5.74) is 3.42. The zero-order valence-electron chi connectivity index (χ0n) is 12.4. The van der Waals surface area contributed by atoms with Crippen LogP contribution < -0.4 is 4.74 Å². The van der Waals surface area contributed by atoms with Crippen LogP contribution in [0.1, 0.15) is 26.3 Å². The molecular formula is C17H13NO4. The van der Waals surface area contributed by atoms with Crippen molar-refractivity contribution in [1.82, 2.24) is 4.57 Å². The first-order chi connectivity index (χ1) is 10.5. The molecule has 0 atom stereocenters. The molecule has 5 heteroatoms. The summed E-state index contributed by atoms with van der Waals surface area (Å²) in [7, 11) is 3.56. The SMILES string of the molecule is COc1ccc2c(c1)c1cc3c(c(C)c1n2C)C(=O)OC3=O. The molecule has 22 heavy (non-hydrogen) atoms. The van der Waals surface area contributed by atoms with Gasteiger partial charge in [0, 0.05) is 23.3 Å². The molecule has 1 aliphatic heterocycles. The molecule has 0 aliphatic carbocycles. The van der Waals surface area contributed by atoms with E-state index in [4.69, 9.17) is 9.47 Å². The zero-order chi connectivity index (χ0) is 15.6. The average Bonchev–Trinajstić information content (AvgIpc) is 2.95. The van der Waals surface area contributed by atoms with Crippen LogP contribution in [0.5, 0.6) is 5.75 Å². The summed E-state index contributed by atoms with van der Waals surface area (Å²) in [6.45, 7) is 1.84. The number of aryl methyl sites for hydroxylation is 2. The molecule has 0 saturated heterocycles. The second kappa shape index (κ2) is 4.10. The second-order valence-corrected chi connectivity index (χ2v) is 5.44. The molecule has 0 spiro atoms. The molecule has 2 aromatic carbocycles. The quantitative estimate of drug-likeness (QED) is 0.511. The molecule has 0 N–H and O–H groups in total. The lowest BCUT2D eigenvalue weighted by Gasteiger charge is -2.04. The van der Waals surface area contributed by atoms with Crippen LogP contribution in [0.3, 0.4) is 0 Å². The van der Waals surface area contributed by atoms with Gasteiger partial charge in [-0.2, -0.15) is 0 Å². The summed E-state index contributed by atoms with van der Waals surface area (Å²) in [6, 6.07) is 7.54. The van der Waals surface area contributed by atoms with Crippen molar-refractivity contribution in [3.63, 3.8) is 0 Å². The number of rotatable bonds is 1. The van der Waals surface area contributed by atoms with E-state index in [-0.39, 0.29) is 0 Å². The number of esters is 2. The summed E-state index contributed by atoms with van der Waals surface area (Å²) in [5.74, 6) is -0.399. The maximum absolute atomic E-state index is 11.9. The number of carbonyl (C=O) groups is 2. The normalized spacial score (nSPS) is 13.8. The number of carbonyl (C=O) groups excluding carboxylic acids is 2. The first-order valence-corrected chi connectivity index (χ1v) is 6.89. The molecule has 0 fully saturated rings. The Kier molecular flexibility index (Phi) is 2.40. The largest absolute Gasteiger partial charge is 0.497 e. The van der Waals surface area contributed by atoms with Crippen molar-refractivity contribution in [3.8, 4) is 5.75 Å². The van der Waals surface area contributed by atoms with Gasteiger partial charge in [-0.3, -0.25) is 0 Å². The molecule has 0 amide bonds. The van der Waals surface area contributed by atoms with Gasteiger partial charge in [-0.15, -0.1) is 0 Å². The Hall–Kier alpha value is -2.82. The van der Waals surface area contributed by atoms with E-state index < -0.39 is 11.9 Å². The summed E-state index contributed by atoms with van der Waals surface area (Å²) < 4.78 is 12.0. The monoisotopic (exact) mass is 295 g/mol. The molecule has 110 valence electrons. The Balaban J connectivity index is 2.23. The lowest BCUT2D eigenvalue weighted by Crippen LogP contribution is -2.00. The number of methoxy groups -OCH3 is 1. The fourth-order valence-electron chi connectivity index (χ4n) is 3.33. The van der Waals surface area contributed by atoms with Gasteiger partial charge in [0.15, 0.2) is 0 Å². The van der Waals surface area contributed by atoms with E-state index in [0.29, 0.717) is 11.1 Å². The lowest BCUT2D eigenvalue weighted by molar-refractivity contribution is 0.0443. The highest BCUT2D eigenvalue weighted by molar-refractivity contribution is 6.21. The number of hydrogen-bond donors (Lipinski definition) is 0. The van der Waals surface area contributed by atoms with E-state index in [9.17, 15) is 9.59 Å². The summed E-state index contributed by atoms with van der Waals surface area (Å²) in [5, 5.41) is 1.90. The number of benzene rings is 2. The van der Waals surface area contributed by atoms with E-state index in [0.717, 1.165) is 33.1 Å². The van der Waals surface area contributed by atoms with Gasteiger partial charge in [0.25, 0.3) is 0 Å². The molecule has 3 aromatic rings. The summed E-state index contributed by atoms with van der Waals surface area (Å²) in [4.78, 5) is 23.8. The number of fused-ring (bicyclic) bond motifs is 4. The highest BCUT2D eigenvalue weighted by Crippen LogP contribution is 2.37. The van der Waals surface area contributed by atoms with E-state index in [1.807, 2.05) is 36.7 Å². The Labute approximate surface area is 126 Å². The maximum atomic E-state index is 11.9. The third-order valence-electron chi connectivity index (χ3n) is 4.34. The van der Waals surface area contributed by atoms with E-state index in [1.54, 1.807) is 13.2 Å². The van der Waals surface area contributed by atoms with Crippen molar-refractivity contribution < 1.29 is 19.1 Å². The molecule has 1 aromatic heterocycles. The van der Waals surface area contributed by atoms with Crippen molar-refractivity contribution >= 4 is 33.7 Å². The van der Waals surface area contributed by atoms with Gasteiger partial charge in [-0.1, -0.05) is 0 Å². The van der Waals surface area contributed by atoms with Crippen LogP contribution >= 0.6 is 0 Å². The Morgan fingerprint density at radius 3 is 2.59 bits per heavy atom. The molecule has 0 unspecified atom stereocenters. The van der Waals surface area contributed by atoms with Crippen LogP contribution in [0.2, 0.25) is 0 Å². The van der Waals surface area contributed by atoms with Gasteiger partial charge in [0.2, 0.25) is 0 Å². The van der Waals surface area contributed by atoms with Crippen LogP contribution in [0.4, 0.5) is 0 Å². The lowest BCUT2D eigenvalue weighted by atomic mass is 9.99. The van der Waals surface area contributed by atoms with Crippen LogP contribution in [0.25, 0.3) is 21.8 Å². The Bertz CT molecular complexity index is 997. The van der Waals surface area contributed by atoms with Crippen LogP contribution in [-0.2, 0) is 11.8 Å². The highest BCUT2D eigenvalue weighted by atomic mass is 16.6. The third kappa shape index (κ3) is 1.43. The van der Waals surface area contributed by atoms with Crippen molar-refractivity contribution in [3.05, 3.63) is 41.0 Å². The minimum atomic E-state index is -0.579. The van der Waals surface area contributed by atoms with Gasteiger partial charge in [-0.05, 0) is 36.8 Å². The van der Waals surface area contributed by atoms with E-state index in [1.165, 1.54) is 0 Å². The minimum Gasteiger partial charge on any atom is -0.497 e. The molecule has 0 saturated carbocycles. The van der Waals surface area contributed by atoms with Crippen molar-refractivity contribution in [2.45, 2.75) is 6.92 Å². The average molecular weight is 295 g/mol. The van der Waals surface area contributed by atoms with Crippen LogP contribution in [0, 0.1) is 6.92 Å². The topological polar surface area (TPSA) is 57.5 Å². The first kappa shape index (κ1) is 12.9. The van der Waals surface area contributed by atoms with E-state index in [2.05, 4.69) is 0 Å². The molecule has 5 nitrogen and oxygen atoms in total. The predicted octanol–water partition coefficient (Wildman–Crippen LogP) is 2.96. The zero-order valence-corrected chi connectivity index (χ0v) is 12.4. The van der Waals surface area contributed by atoms with E-state index >= 15 is 0 Å². The van der Waals surface area contributed by atoms with Crippen molar-refractivity contribution in [2.24, 2.45) is 7.05 Å². The standard InChI is InChI=1S/C17H13NO4/c1-8-14-12(16(19)22-17(14)20)7-11-10-6-9(21-3)4-5-13(10)18(2)15(8)11/h4-7H,1-3H3. The number of cyclic esters (lactones) is 2. The first-order valence-electron chi connectivity index (χ1n) is 6.89. The number of hydrogen-bond acceptors (Lipinski definition) is 4. The van der Waals surface area contributed by atoms with Gasteiger partial charge < -0.3 is 14.0 Å². The Morgan fingerprint density at radius 2 is 1.86 bits per heavy atom. The van der Waals surface area contributed by atoms with Gasteiger partial charge in [0.1, 0.15) is 5.75 Å². The molecular weight excluding hydrogens is 282 g/mol. The molecule has 1 aliphatic rings. The predicted molar refractivity (Wildman–Crippen MR) is 81.5 cm³/mol. The molecule has 2 heterocycles. The highest BCUT2D eigenvalue weighted by Gasteiger charge is 2.33. The molecule has 0 radical (unpaired) electrons. The maximum Gasteiger partial charge on any atom is 0.347 e. The van der Waals surface area contributed by atoms with Crippen LogP contribution in [0.15, 0.2) is 24.3 Å². The summed E-state index contributed by atoms with van der Waals surface area (Å²) in [6.07, 6.45) is 0. The summed E-state index contributed by atoms with van der Waals surface area (Å²) >= 11 is 0. The molecule has 4 rings (SSSR count). The Morgan fingerprint density at radius 1 is 1.09 bits per heavy atom. The third-order valence-corrected chi connectivity index (χ3v) is 4.34. The van der Waals surface area contributed by atoms with Gasteiger partial charge in [-0.25, -0.2) is 9.59 Å². The number of aromatic nitrogens is 1. The number of nitrogens with zero attached hydrogens (tertiary/aromatic N) is 1. The van der Waals surface area contributed by atoms with Gasteiger partial charge >= 0.3 is 11.9 Å². The number of ether oxygens (including phenoxy) is 2. The van der Waals surface area contributed by atoms with Crippen molar-refractivity contribution in [1.29, 1.82) is 0 Å². The second-order valence-electron chi connectivity index (χ2n) is 5.44.